The number of pyridine rings is 1. The van der Waals surface area contributed by atoms with Crippen LogP contribution in [0, 0.1) is 5.92 Å². The summed E-state index contributed by atoms with van der Waals surface area (Å²) in [7, 11) is 2.01. The largest absolute Gasteiger partial charge is 0.384 e. The molecule has 2 amide bonds. The zero-order chi connectivity index (χ0) is 32.2. The molecule has 0 unspecified atom stereocenters. The summed E-state index contributed by atoms with van der Waals surface area (Å²) < 4.78 is 2.06. The van der Waals surface area contributed by atoms with Gasteiger partial charge < -0.3 is 20.5 Å². The second kappa shape index (κ2) is 14.0. The predicted octanol–water partition coefficient (Wildman–Crippen LogP) is 6.69. The van der Waals surface area contributed by atoms with Crippen LogP contribution in [0.15, 0.2) is 79.0 Å². The molecule has 1 aliphatic heterocycles. The van der Waals surface area contributed by atoms with E-state index in [9.17, 15) is 9.59 Å². The molecule has 0 bridgehead atoms. The van der Waals surface area contributed by atoms with Gasteiger partial charge in [0.15, 0.2) is 0 Å². The van der Waals surface area contributed by atoms with Crippen LogP contribution in [0.4, 0.5) is 11.4 Å². The fourth-order valence-electron chi connectivity index (χ4n) is 7.23. The van der Waals surface area contributed by atoms with Gasteiger partial charge in [-0.15, -0.1) is 0 Å². The average molecular weight is 629 g/mol. The van der Waals surface area contributed by atoms with Crippen molar-refractivity contribution in [2.24, 2.45) is 13.0 Å². The maximum atomic E-state index is 13.1. The van der Waals surface area contributed by atoms with Gasteiger partial charge in [-0.05, 0) is 105 Å². The van der Waals surface area contributed by atoms with Crippen molar-refractivity contribution in [1.29, 1.82) is 0 Å². The number of amides is 2. The van der Waals surface area contributed by atoms with Crippen LogP contribution in [-0.4, -0.2) is 52.4 Å². The summed E-state index contributed by atoms with van der Waals surface area (Å²) in [5.74, 6) is 0.0345. The third kappa shape index (κ3) is 7.03. The van der Waals surface area contributed by atoms with Crippen molar-refractivity contribution in [2.75, 3.05) is 36.8 Å². The zero-order valence-electron chi connectivity index (χ0n) is 27.2. The molecular formula is C39H44N6O2. The lowest BCUT2D eigenvalue weighted by Crippen LogP contribution is -2.43. The predicted molar refractivity (Wildman–Crippen MR) is 190 cm³/mol. The van der Waals surface area contributed by atoms with E-state index in [0.29, 0.717) is 12.1 Å². The molecule has 0 spiro atoms. The number of nitrogens with zero attached hydrogens (tertiary/aromatic N) is 3. The summed E-state index contributed by atoms with van der Waals surface area (Å²) in [5, 5.41) is 12.2. The van der Waals surface area contributed by atoms with Crippen molar-refractivity contribution >= 4 is 45.0 Å². The molecule has 7 rings (SSSR count). The standard InChI is InChI=1S/C39H44N6O2/c1-44-23-19-29-24-31(17-18-36(29)44)42-39(47)28-15-13-27(14-16-28)25-45-22-6-8-30(26-45)38(46)41-21-7-20-40-37-32-9-2-4-11-34(32)43-35-12-5-3-10-33(35)37/h2,4,9,11,13-19,23-24,30H,3,5-8,10,12,20-22,25-26H2,1H3,(H,40,43)(H,41,46)(H,42,47)/t30-/m0/s1. The monoisotopic (exact) mass is 628 g/mol. The first-order chi connectivity index (χ1) is 23.0. The lowest BCUT2D eigenvalue weighted by atomic mass is 9.92. The van der Waals surface area contributed by atoms with E-state index >= 15 is 0 Å². The molecule has 8 heteroatoms. The number of aryl methyl sites for hydroxylation is 2. The fourth-order valence-corrected chi connectivity index (χ4v) is 7.23. The number of rotatable bonds is 10. The highest BCUT2D eigenvalue weighted by atomic mass is 16.2. The molecule has 0 radical (unpaired) electrons. The van der Waals surface area contributed by atoms with Gasteiger partial charge in [0.2, 0.25) is 5.91 Å². The molecule has 1 atom stereocenters. The maximum absolute atomic E-state index is 13.1. The van der Waals surface area contributed by atoms with Crippen LogP contribution in [0.5, 0.6) is 0 Å². The molecule has 47 heavy (non-hydrogen) atoms. The first-order valence-corrected chi connectivity index (χ1v) is 17.1. The number of benzene rings is 3. The van der Waals surface area contributed by atoms with Crippen LogP contribution in [0.3, 0.4) is 0 Å². The molecule has 2 aromatic heterocycles. The van der Waals surface area contributed by atoms with Crippen LogP contribution in [0.25, 0.3) is 21.8 Å². The number of nitrogens with one attached hydrogen (secondary N) is 3. The Morgan fingerprint density at radius 2 is 1.79 bits per heavy atom. The van der Waals surface area contributed by atoms with E-state index in [1.165, 1.54) is 35.2 Å². The minimum Gasteiger partial charge on any atom is -0.384 e. The summed E-state index contributed by atoms with van der Waals surface area (Å²) in [4.78, 5) is 33.3. The van der Waals surface area contributed by atoms with E-state index in [0.717, 1.165) is 86.0 Å². The minimum absolute atomic E-state index is 0.000117. The number of piperidine rings is 1. The molecule has 8 nitrogen and oxygen atoms in total. The van der Waals surface area contributed by atoms with Crippen molar-refractivity contribution in [1.82, 2.24) is 19.8 Å². The van der Waals surface area contributed by atoms with E-state index in [4.69, 9.17) is 4.98 Å². The van der Waals surface area contributed by atoms with Gasteiger partial charge in [-0.2, -0.15) is 0 Å². The van der Waals surface area contributed by atoms with Gasteiger partial charge in [-0.1, -0.05) is 30.3 Å². The third-order valence-corrected chi connectivity index (χ3v) is 9.77. The van der Waals surface area contributed by atoms with Crippen LogP contribution in [-0.2, 0) is 31.2 Å². The highest BCUT2D eigenvalue weighted by Crippen LogP contribution is 2.33. The second-order valence-corrected chi connectivity index (χ2v) is 13.1. The van der Waals surface area contributed by atoms with Crippen molar-refractivity contribution in [3.8, 4) is 0 Å². The first kappa shape index (κ1) is 30.9. The van der Waals surface area contributed by atoms with Gasteiger partial charge in [0.1, 0.15) is 0 Å². The summed E-state index contributed by atoms with van der Waals surface area (Å²) in [6, 6.07) is 24.2. The smallest absolute Gasteiger partial charge is 0.255 e. The molecule has 1 saturated heterocycles. The SMILES string of the molecule is Cn1ccc2cc(NC(=O)c3ccc(CN4CCC[C@H](C(=O)NCCCNc5c6c(nc7ccccc57)CCCC6)C4)cc3)ccc21. The van der Waals surface area contributed by atoms with Crippen LogP contribution in [0.2, 0.25) is 0 Å². The van der Waals surface area contributed by atoms with Crippen molar-refractivity contribution < 1.29 is 9.59 Å². The van der Waals surface area contributed by atoms with Gasteiger partial charge in [0, 0.05) is 78.3 Å². The Morgan fingerprint density at radius 3 is 2.68 bits per heavy atom. The quantitative estimate of drug-likeness (QED) is 0.150. The Labute approximate surface area is 276 Å². The number of carbonyl (C=O) groups is 2. The van der Waals surface area contributed by atoms with Crippen LogP contribution >= 0.6 is 0 Å². The van der Waals surface area contributed by atoms with Crippen molar-refractivity contribution in [3.63, 3.8) is 0 Å². The number of likely N-dealkylation sites (tertiary alicyclic amines) is 1. The Bertz CT molecular complexity index is 1900. The van der Waals surface area contributed by atoms with Crippen molar-refractivity contribution in [3.05, 3.63) is 101 Å². The Kier molecular flexibility index (Phi) is 9.20. The number of carbonyl (C=O) groups excluding carboxylic acids is 2. The molecule has 242 valence electrons. The highest BCUT2D eigenvalue weighted by Gasteiger charge is 2.26. The molecule has 0 saturated carbocycles. The summed E-state index contributed by atoms with van der Waals surface area (Å²) in [5.41, 5.74) is 8.60. The van der Waals surface area contributed by atoms with E-state index in [1.54, 1.807) is 0 Å². The van der Waals surface area contributed by atoms with E-state index < -0.39 is 0 Å². The maximum Gasteiger partial charge on any atom is 0.255 e. The molecule has 1 fully saturated rings. The summed E-state index contributed by atoms with van der Waals surface area (Å²) in [6.45, 7) is 3.97. The Hall–Kier alpha value is -4.69. The number of para-hydroxylation sites is 1. The molecule has 3 aromatic carbocycles. The number of aromatic nitrogens is 2. The average Bonchev–Trinajstić information content (AvgIpc) is 3.47. The lowest BCUT2D eigenvalue weighted by molar-refractivity contribution is -0.126. The lowest BCUT2D eigenvalue weighted by Gasteiger charge is -2.32. The number of anilines is 2. The molecule has 1 aliphatic carbocycles. The van der Waals surface area contributed by atoms with E-state index in [2.05, 4.69) is 49.7 Å². The van der Waals surface area contributed by atoms with Crippen molar-refractivity contribution in [2.45, 2.75) is 51.5 Å². The Morgan fingerprint density at radius 1 is 0.936 bits per heavy atom. The van der Waals surface area contributed by atoms with Gasteiger partial charge in [0.05, 0.1) is 11.4 Å². The van der Waals surface area contributed by atoms with Gasteiger partial charge in [-0.25, -0.2) is 0 Å². The zero-order valence-corrected chi connectivity index (χ0v) is 27.2. The normalized spacial score (nSPS) is 16.6. The van der Waals surface area contributed by atoms with Gasteiger partial charge in [-0.3, -0.25) is 19.5 Å². The minimum atomic E-state index is -0.120. The Balaban J connectivity index is 0.870. The van der Waals surface area contributed by atoms with Crippen LogP contribution in [0.1, 0.15) is 59.3 Å². The first-order valence-electron chi connectivity index (χ1n) is 17.1. The second-order valence-electron chi connectivity index (χ2n) is 13.1. The fraction of sp³-hybridized carbons (Fsp3) is 0.359. The number of hydrogen-bond donors (Lipinski definition) is 3. The number of hydrogen-bond acceptors (Lipinski definition) is 5. The number of fused-ring (bicyclic) bond motifs is 3. The summed E-state index contributed by atoms with van der Waals surface area (Å²) in [6.07, 6.45) is 9.37. The van der Waals surface area contributed by atoms with Gasteiger partial charge >= 0.3 is 0 Å². The van der Waals surface area contributed by atoms with Gasteiger partial charge in [0.25, 0.3) is 5.91 Å². The van der Waals surface area contributed by atoms with Crippen LogP contribution < -0.4 is 16.0 Å². The van der Waals surface area contributed by atoms with E-state index in [1.807, 2.05) is 61.8 Å². The topological polar surface area (TPSA) is 91.3 Å². The highest BCUT2D eigenvalue weighted by molar-refractivity contribution is 6.05. The third-order valence-electron chi connectivity index (χ3n) is 9.77. The van der Waals surface area contributed by atoms with E-state index in [-0.39, 0.29) is 17.7 Å². The molecule has 3 heterocycles. The molecule has 5 aromatic rings. The molecule has 3 N–H and O–H groups in total. The summed E-state index contributed by atoms with van der Waals surface area (Å²) >= 11 is 0. The molecular weight excluding hydrogens is 584 g/mol. The molecule has 2 aliphatic rings.